The fourth-order valence-electron chi connectivity index (χ4n) is 2.29. The van der Waals surface area contributed by atoms with E-state index in [1.54, 1.807) is 6.92 Å². The molecular formula is C20H25NO3. The number of amides is 1. The molecule has 2 rings (SSSR count). The number of hydrogen-bond donors (Lipinski definition) is 1. The molecule has 24 heavy (non-hydrogen) atoms. The van der Waals surface area contributed by atoms with Gasteiger partial charge in [-0.1, -0.05) is 30.3 Å². The minimum absolute atomic E-state index is 0.150. The summed E-state index contributed by atoms with van der Waals surface area (Å²) in [6.45, 7) is 8.64. The van der Waals surface area contributed by atoms with E-state index in [0.29, 0.717) is 13.2 Å². The smallest absolute Gasteiger partial charge is 0.260 e. The van der Waals surface area contributed by atoms with Crippen LogP contribution in [-0.2, 0) is 4.79 Å². The van der Waals surface area contributed by atoms with Gasteiger partial charge in [0.15, 0.2) is 6.10 Å². The third-order valence-corrected chi connectivity index (χ3v) is 3.98. The molecule has 2 aromatic rings. The molecule has 128 valence electrons. The van der Waals surface area contributed by atoms with Crippen LogP contribution in [0.1, 0.15) is 23.6 Å². The molecule has 0 aromatic heterocycles. The van der Waals surface area contributed by atoms with Crippen LogP contribution in [0.4, 0.5) is 0 Å². The van der Waals surface area contributed by atoms with Crippen LogP contribution in [-0.4, -0.2) is 25.2 Å². The van der Waals surface area contributed by atoms with E-state index in [2.05, 4.69) is 18.3 Å². The zero-order valence-corrected chi connectivity index (χ0v) is 14.8. The highest BCUT2D eigenvalue weighted by Crippen LogP contribution is 2.20. The van der Waals surface area contributed by atoms with Gasteiger partial charge in [-0.2, -0.15) is 0 Å². The first-order valence-electron chi connectivity index (χ1n) is 8.18. The average molecular weight is 327 g/mol. The predicted octanol–water partition coefficient (Wildman–Crippen LogP) is 3.57. The molecule has 0 fully saturated rings. The molecule has 0 aliphatic heterocycles. The minimum Gasteiger partial charge on any atom is -0.491 e. The first kappa shape index (κ1) is 17.9. The Bertz CT molecular complexity index is 697. The van der Waals surface area contributed by atoms with E-state index in [-0.39, 0.29) is 5.91 Å². The van der Waals surface area contributed by atoms with Crippen LogP contribution in [0.15, 0.2) is 42.5 Å². The third-order valence-electron chi connectivity index (χ3n) is 3.98. The summed E-state index contributed by atoms with van der Waals surface area (Å²) in [7, 11) is 0. The zero-order valence-electron chi connectivity index (χ0n) is 14.8. The largest absolute Gasteiger partial charge is 0.491 e. The molecule has 0 bridgehead atoms. The summed E-state index contributed by atoms with van der Waals surface area (Å²) in [5.74, 6) is 1.43. The van der Waals surface area contributed by atoms with Crippen molar-refractivity contribution in [2.24, 2.45) is 0 Å². The lowest BCUT2D eigenvalue weighted by Crippen LogP contribution is -2.38. The van der Waals surface area contributed by atoms with Crippen molar-refractivity contribution in [3.05, 3.63) is 59.2 Å². The number of ether oxygens (including phenoxy) is 2. The molecule has 1 N–H and O–H groups in total. The summed E-state index contributed by atoms with van der Waals surface area (Å²) < 4.78 is 11.4. The molecule has 0 radical (unpaired) electrons. The average Bonchev–Trinajstić information content (AvgIpc) is 2.57. The molecule has 0 heterocycles. The Morgan fingerprint density at radius 3 is 2.42 bits per heavy atom. The number of nitrogens with one attached hydrogen (secondary N) is 1. The highest BCUT2D eigenvalue weighted by atomic mass is 16.5. The molecule has 0 aliphatic rings. The summed E-state index contributed by atoms with van der Waals surface area (Å²) in [5, 5.41) is 2.84. The van der Waals surface area contributed by atoms with Crippen molar-refractivity contribution in [3.63, 3.8) is 0 Å². The quantitative estimate of drug-likeness (QED) is 0.791. The second kappa shape index (κ2) is 8.39. The summed E-state index contributed by atoms with van der Waals surface area (Å²) >= 11 is 0. The maximum atomic E-state index is 12.1. The molecule has 1 atom stereocenters. The van der Waals surface area contributed by atoms with Gasteiger partial charge in [0.05, 0.1) is 6.54 Å². The van der Waals surface area contributed by atoms with Gasteiger partial charge in [-0.15, -0.1) is 0 Å². The number of aryl methyl sites for hydroxylation is 2. The fraction of sp³-hybridized carbons (Fsp3) is 0.350. The molecule has 0 aliphatic carbocycles. The van der Waals surface area contributed by atoms with Crippen molar-refractivity contribution in [2.45, 2.75) is 33.8 Å². The van der Waals surface area contributed by atoms with Crippen LogP contribution < -0.4 is 14.8 Å². The summed E-state index contributed by atoms with van der Waals surface area (Å²) in [5.41, 5.74) is 3.33. The molecule has 2 aromatic carbocycles. The van der Waals surface area contributed by atoms with Crippen molar-refractivity contribution in [3.8, 4) is 11.5 Å². The number of hydrogen-bond acceptors (Lipinski definition) is 3. The number of benzene rings is 2. The second-order valence-electron chi connectivity index (χ2n) is 5.86. The Morgan fingerprint density at radius 1 is 1.00 bits per heavy atom. The van der Waals surface area contributed by atoms with Crippen molar-refractivity contribution in [2.75, 3.05) is 13.2 Å². The Hall–Kier alpha value is -2.49. The predicted molar refractivity (Wildman–Crippen MR) is 95.7 cm³/mol. The molecule has 4 nitrogen and oxygen atoms in total. The molecule has 0 saturated heterocycles. The molecule has 1 amide bonds. The summed E-state index contributed by atoms with van der Waals surface area (Å²) in [6.07, 6.45) is -0.549. The fourth-order valence-corrected chi connectivity index (χ4v) is 2.29. The molecule has 4 heteroatoms. The van der Waals surface area contributed by atoms with Crippen molar-refractivity contribution >= 4 is 5.91 Å². The summed E-state index contributed by atoms with van der Waals surface area (Å²) in [4.78, 5) is 12.1. The number of carbonyl (C=O) groups excluding carboxylic acids is 1. The van der Waals surface area contributed by atoms with Gasteiger partial charge in [0.1, 0.15) is 18.1 Å². The maximum absolute atomic E-state index is 12.1. The first-order chi connectivity index (χ1) is 11.5. The van der Waals surface area contributed by atoms with Gasteiger partial charge in [0.2, 0.25) is 0 Å². The Balaban J connectivity index is 1.76. The van der Waals surface area contributed by atoms with Crippen molar-refractivity contribution in [1.29, 1.82) is 0 Å². The Kier molecular flexibility index (Phi) is 6.24. The monoisotopic (exact) mass is 327 g/mol. The highest BCUT2D eigenvalue weighted by Gasteiger charge is 2.15. The van der Waals surface area contributed by atoms with E-state index in [0.717, 1.165) is 22.6 Å². The van der Waals surface area contributed by atoms with E-state index in [1.807, 2.05) is 50.2 Å². The zero-order chi connectivity index (χ0) is 17.5. The number of rotatable bonds is 7. The van der Waals surface area contributed by atoms with Crippen LogP contribution >= 0.6 is 0 Å². The molecular weight excluding hydrogens is 302 g/mol. The Morgan fingerprint density at radius 2 is 1.67 bits per heavy atom. The van der Waals surface area contributed by atoms with E-state index in [9.17, 15) is 4.79 Å². The standard InChI is InChI=1S/C20H25NO3/c1-14-9-7-11-19(16(14)3)23-13-12-21-20(22)17(4)24-18-10-6-5-8-15(18)2/h5-11,17H,12-13H2,1-4H3,(H,21,22)/t17-/m0/s1. The summed E-state index contributed by atoms with van der Waals surface area (Å²) in [6, 6.07) is 13.6. The van der Waals surface area contributed by atoms with Gasteiger partial charge < -0.3 is 14.8 Å². The molecule has 0 spiro atoms. The van der Waals surface area contributed by atoms with Crippen LogP contribution in [0.3, 0.4) is 0 Å². The van der Waals surface area contributed by atoms with Gasteiger partial charge in [-0.25, -0.2) is 0 Å². The first-order valence-corrected chi connectivity index (χ1v) is 8.18. The highest BCUT2D eigenvalue weighted by molar-refractivity contribution is 5.80. The van der Waals surface area contributed by atoms with E-state index < -0.39 is 6.10 Å². The van der Waals surface area contributed by atoms with Crippen molar-refractivity contribution in [1.82, 2.24) is 5.32 Å². The third kappa shape index (κ3) is 4.75. The van der Waals surface area contributed by atoms with Gasteiger partial charge in [0, 0.05) is 0 Å². The van der Waals surface area contributed by atoms with Crippen LogP contribution in [0.5, 0.6) is 11.5 Å². The normalized spacial score (nSPS) is 11.7. The number of para-hydroxylation sites is 1. The SMILES string of the molecule is Cc1ccccc1O[C@@H](C)C(=O)NCCOc1cccc(C)c1C. The Labute approximate surface area is 143 Å². The van der Waals surface area contributed by atoms with Gasteiger partial charge >= 0.3 is 0 Å². The second-order valence-corrected chi connectivity index (χ2v) is 5.86. The molecule has 0 unspecified atom stereocenters. The van der Waals surface area contributed by atoms with Gasteiger partial charge in [-0.3, -0.25) is 4.79 Å². The minimum atomic E-state index is -0.549. The topological polar surface area (TPSA) is 47.6 Å². The lowest BCUT2D eigenvalue weighted by atomic mass is 10.1. The van der Waals surface area contributed by atoms with Crippen LogP contribution in [0.25, 0.3) is 0 Å². The van der Waals surface area contributed by atoms with E-state index >= 15 is 0 Å². The van der Waals surface area contributed by atoms with Crippen LogP contribution in [0.2, 0.25) is 0 Å². The lowest BCUT2D eigenvalue weighted by molar-refractivity contribution is -0.127. The molecule has 0 saturated carbocycles. The van der Waals surface area contributed by atoms with Gasteiger partial charge in [-0.05, 0) is 56.5 Å². The van der Waals surface area contributed by atoms with Gasteiger partial charge in [0.25, 0.3) is 5.91 Å². The van der Waals surface area contributed by atoms with E-state index in [4.69, 9.17) is 9.47 Å². The maximum Gasteiger partial charge on any atom is 0.260 e. The van der Waals surface area contributed by atoms with Crippen molar-refractivity contribution < 1.29 is 14.3 Å². The lowest BCUT2D eigenvalue weighted by Gasteiger charge is -2.16. The number of carbonyl (C=O) groups is 1. The van der Waals surface area contributed by atoms with E-state index in [1.165, 1.54) is 5.56 Å². The van der Waals surface area contributed by atoms with Crippen LogP contribution in [0, 0.1) is 20.8 Å².